The number of hydrogen-bond acceptors (Lipinski definition) is 5. The van der Waals surface area contributed by atoms with Gasteiger partial charge in [0, 0.05) is 36.7 Å². The highest BCUT2D eigenvalue weighted by molar-refractivity contribution is 7.89. The van der Waals surface area contributed by atoms with Crippen LogP contribution in [0.4, 0.5) is 5.69 Å². The van der Waals surface area contributed by atoms with Gasteiger partial charge in [0.05, 0.1) is 9.77 Å². The van der Waals surface area contributed by atoms with Crippen molar-refractivity contribution in [3.8, 4) is 0 Å². The van der Waals surface area contributed by atoms with Crippen LogP contribution >= 0.6 is 11.3 Å². The molecule has 1 aliphatic heterocycles. The van der Waals surface area contributed by atoms with E-state index < -0.39 is 15.9 Å². The molecule has 1 aromatic heterocycles. The van der Waals surface area contributed by atoms with Gasteiger partial charge in [-0.15, -0.1) is 11.3 Å². The maximum absolute atomic E-state index is 12.8. The molecule has 1 saturated heterocycles. The molecule has 2 heterocycles. The predicted octanol–water partition coefficient (Wildman–Crippen LogP) is 2.05. The first-order chi connectivity index (χ1) is 11.8. The lowest BCUT2D eigenvalue weighted by Gasteiger charge is -2.40. The predicted molar refractivity (Wildman–Crippen MR) is 99.6 cm³/mol. The Morgan fingerprint density at radius 2 is 2.04 bits per heavy atom. The van der Waals surface area contributed by atoms with Crippen LogP contribution in [0.15, 0.2) is 40.6 Å². The van der Waals surface area contributed by atoms with Crippen LogP contribution in [0.1, 0.15) is 22.2 Å². The second kappa shape index (κ2) is 6.78. The number of primary amides is 1. The molecule has 0 radical (unpaired) electrons. The molecule has 1 atom stereocenters. The largest absolute Gasteiger partial charge is 0.366 e. The summed E-state index contributed by atoms with van der Waals surface area (Å²) in [5, 5.41) is 1.48. The zero-order valence-electron chi connectivity index (χ0n) is 14.2. The summed E-state index contributed by atoms with van der Waals surface area (Å²) < 4.78 is 27.1. The summed E-state index contributed by atoms with van der Waals surface area (Å²) in [5.41, 5.74) is 7.51. The van der Waals surface area contributed by atoms with Gasteiger partial charge < -0.3 is 10.6 Å². The van der Waals surface area contributed by atoms with Crippen LogP contribution in [0.3, 0.4) is 0 Å². The maximum Gasteiger partial charge on any atom is 0.258 e. The Hall–Kier alpha value is -1.90. The third-order valence-corrected chi connectivity index (χ3v) is 7.32. The lowest BCUT2D eigenvalue weighted by molar-refractivity contribution is 0.100. The van der Waals surface area contributed by atoms with Crippen molar-refractivity contribution in [3.63, 3.8) is 0 Å². The fourth-order valence-corrected chi connectivity index (χ4v) is 5.69. The Kier molecular flexibility index (Phi) is 4.86. The number of piperazine rings is 1. The first-order valence-corrected chi connectivity index (χ1v) is 10.3. The maximum atomic E-state index is 12.8. The van der Waals surface area contributed by atoms with E-state index in [4.69, 9.17) is 5.73 Å². The third kappa shape index (κ3) is 3.56. The summed E-state index contributed by atoms with van der Waals surface area (Å²) >= 11 is 1.06. The number of benzene rings is 1. The van der Waals surface area contributed by atoms with Crippen molar-refractivity contribution in [2.75, 3.05) is 24.5 Å². The molecule has 0 saturated carbocycles. The van der Waals surface area contributed by atoms with Gasteiger partial charge in [-0.25, -0.2) is 8.42 Å². The number of rotatable bonds is 4. The SMILES string of the molecule is Cc1cccc(N2CCN(S(=O)(=O)c3csc(C(N)=O)c3)C[C@H]2C)c1. The minimum Gasteiger partial charge on any atom is -0.366 e. The van der Waals surface area contributed by atoms with Gasteiger partial charge in [0.25, 0.3) is 5.91 Å². The van der Waals surface area contributed by atoms with E-state index in [0.717, 1.165) is 17.0 Å². The van der Waals surface area contributed by atoms with Crippen molar-refractivity contribution in [3.05, 3.63) is 46.2 Å². The highest BCUT2D eigenvalue weighted by Gasteiger charge is 2.33. The molecule has 6 nitrogen and oxygen atoms in total. The van der Waals surface area contributed by atoms with E-state index >= 15 is 0 Å². The van der Waals surface area contributed by atoms with E-state index in [1.165, 1.54) is 21.3 Å². The van der Waals surface area contributed by atoms with E-state index in [1.807, 2.05) is 32.0 Å². The monoisotopic (exact) mass is 379 g/mol. The van der Waals surface area contributed by atoms with Gasteiger partial charge in [-0.3, -0.25) is 4.79 Å². The third-order valence-electron chi connectivity index (χ3n) is 4.38. The van der Waals surface area contributed by atoms with Gasteiger partial charge >= 0.3 is 0 Å². The molecule has 134 valence electrons. The van der Waals surface area contributed by atoms with Gasteiger partial charge in [0.2, 0.25) is 10.0 Å². The van der Waals surface area contributed by atoms with E-state index in [1.54, 1.807) is 0 Å². The Bertz CT molecular complexity index is 892. The number of anilines is 1. The molecule has 0 aliphatic carbocycles. The Morgan fingerprint density at radius 3 is 2.64 bits per heavy atom. The summed E-state index contributed by atoms with van der Waals surface area (Å²) in [7, 11) is -3.61. The summed E-state index contributed by atoms with van der Waals surface area (Å²) in [4.78, 5) is 13.8. The summed E-state index contributed by atoms with van der Waals surface area (Å²) in [6.07, 6.45) is 0. The van der Waals surface area contributed by atoms with Crippen LogP contribution < -0.4 is 10.6 Å². The first kappa shape index (κ1) is 17.9. The van der Waals surface area contributed by atoms with Crippen molar-refractivity contribution >= 4 is 33.0 Å². The molecule has 1 amide bonds. The lowest BCUT2D eigenvalue weighted by Crippen LogP contribution is -2.53. The van der Waals surface area contributed by atoms with E-state index in [0.29, 0.717) is 19.6 Å². The molecule has 3 rings (SSSR count). The number of carbonyl (C=O) groups excluding carboxylic acids is 1. The van der Waals surface area contributed by atoms with Crippen LogP contribution in [0.2, 0.25) is 0 Å². The van der Waals surface area contributed by atoms with Crippen LogP contribution in [0.25, 0.3) is 0 Å². The van der Waals surface area contributed by atoms with Crippen LogP contribution in [-0.2, 0) is 10.0 Å². The number of thiophene rings is 1. The summed E-state index contributed by atoms with van der Waals surface area (Å²) in [6.45, 7) is 5.49. The molecule has 8 heteroatoms. The molecule has 25 heavy (non-hydrogen) atoms. The molecule has 0 spiro atoms. The van der Waals surface area contributed by atoms with Gasteiger partial charge in [0.1, 0.15) is 0 Å². The van der Waals surface area contributed by atoms with Crippen molar-refractivity contribution in [2.24, 2.45) is 5.73 Å². The molecule has 0 unspecified atom stereocenters. The first-order valence-electron chi connectivity index (χ1n) is 8.01. The van der Waals surface area contributed by atoms with Crippen molar-refractivity contribution in [1.29, 1.82) is 0 Å². The smallest absolute Gasteiger partial charge is 0.258 e. The van der Waals surface area contributed by atoms with Gasteiger partial charge in [0.15, 0.2) is 0 Å². The second-order valence-corrected chi connectivity index (χ2v) is 9.10. The summed E-state index contributed by atoms with van der Waals surface area (Å²) in [5.74, 6) is -0.607. The molecular weight excluding hydrogens is 358 g/mol. The number of carbonyl (C=O) groups is 1. The van der Waals surface area contributed by atoms with Crippen LogP contribution in [-0.4, -0.2) is 44.3 Å². The van der Waals surface area contributed by atoms with Crippen molar-refractivity contribution < 1.29 is 13.2 Å². The average molecular weight is 380 g/mol. The Balaban J connectivity index is 1.78. The Labute approximate surface area is 151 Å². The number of hydrogen-bond donors (Lipinski definition) is 1. The molecule has 1 fully saturated rings. The van der Waals surface area contributed by atoms with Crippen LogP contribution in [0.5, 0.6) is 0 Å². The minimum atomic E-state index is -3.61. The van der Waals surface area contributed by atoms with E-state index in [9.17, 15) is 13.2 Å². The fourth-order valence-electron chi connectivity index (χ4n) is 3.07. The fraction of sp³-hybridized carbons (Fsp3) is 0.353. The highest BCUT2D eigenvalue weighted by Crippen LogP contribution is 2.27. The molecule has 1 aliphatic rings. The van der Waals surface area contributed by atoms with Gasteiger partial charge in [-0.05, 0) is 37.6 Å². The molecular formula is C17H21N3O3S2. The topological polar surface area (TPSA) is 83.7 Å². The molecule has 2 aromatic rings. The van der Waals surface area contributed by atoms with Crippen LogP contribution in [0, 0.1) is 6.92 Å². The zero-order chi connectivity index (χ0) is 18.2. The number of nitrogens with zero attached hydrogens (tertiary/aromatic N) is 2. The molecule has 0 bridgehead atoms. The number of amides is 1. The molecule has 2 N–H and O–H groups in total. The highest BCUT2D eigenvalue weighted by atomic mass is 32.2. The van der Waals surface area contributed by atoms with E-state index in [-0.39, 0.29) is 15.8 Å². The average Bonchev–Trinajstić information content (AvgIpc) is 3.05. The second-order valence-electron chi connectivity index (χ2n) is 6.26. The van der Waals surface area contributed by atoms with Crippen molar-refractivity contribution in [1.82, 2.24) is 4.31 Å². The summed E-state index contributed by atoms with van der Waals surface area (Å²) in [6, 6.07) is 9.63. The number of sulfonamides is 1. The zero-order valence-corrected chi connectivity index (χ0v) is 15.8. The lowest BCUT2D eigenvalue weighted by atomic mass is 10.1. The quantitative estimate of drug-likeness (QED) is 0.881. The Morgan fingerprint density at radius 1 is 1.28 bits per heavy atom. The molecule has 1 aromatic carbocycles. The van der Waals surface area contributed by atoms with E-state index in [2.05, 4.69) is 11.0 Å². The van der Waals surface area contributed by atoms with Crippen molar-refractivity contribution in [2.45, 2.75) is 24.8 Å². The number of nitrogens with two attached hydrogens (primary N) is 1. The van der Waals surface area contributed by atoms with Gasteiger partial charge in [-0.2, -0.15) is 4.31 Å². The van der Waals surface area contributed by atoms with Gasteiger partial charge in [-0.1, -0.05) is 12.1 Å². The normalized spacial score (nSPS) is 19.1. The number of aryl methyl sites for hydroxylation is 1. The standard InChI is InChI=1S/C17H21N3O3S2/c1-12-4-3-5-14(8-12)20-7-6-19(10-13(20)2)25(22,23)15-9-16(17(18)21)24-11-15/h3-5,8-9,11,13H,6-7,10H2,1-2H3,(H2,18,21)/t13-/m1/s1. The minimum absolute atomic E-state index is 0.0552.